The Balaban J connectivity index is 2.69. The Morgan fingerprint density at radius 2 is 2.16 bits per heavy atom. The number of carboxylic acid groups (broad SMARTS) is 1. The van der Waals surface area contributed by atoms with E-state index in [-0.39, 0.29) is 17.2 Å². The number of carbonyl (C=O) groups excluding carboxylic acids is 1. The van der Waals surface area contributed by atoms with Gasteiger partial charge >= 0.3 is 5.97 Å². The molecule has 0 atom stereocenters. The number of ether oxygens (including phenoxy) is 1. The molecule has 1 aromatic rings. The van der Waals surface area contributed by atoms with Crippen molar-refractivity contribution in [1.29, 1.82) is 0 Å². The largest absolute Gasteiger partial charge is 0.496 e. The SMILES string of the molecule is CCCSCC(=O)Nc1ccc(C(=O)O)c(OC)c1. The molecule has 0 aliphatic carbocycles. The molecule has 1 rings (SSSR count). The van der Waals surface area contributed by atoms with Gasteiger partial charge in [-0.25, -0.2) is 4.79 Å². The van der Waals surface area contributed by atoms with Gasteiger partial charge in [0.05, 0.1) is 12.9 Å². The third-order valence-corrected chi connectivity index (χ3v) is 3.46. The second-order valence-corrected chi connectivity index (χ2v) is 4.93. The molecule has 6 heteroatoms. The normalized spacial score (nSPS) is 10.0. The summed E-state index contributed by atoms with van der Waals surface area (Å²) in [7, 11) is 1.39. The third kappa shape index (κ3) is 4.82. The Hall–Kier alpha value is -1.69. The van der Waals surface area contributed by atoms with Crippen molar-refractivity contribution in [3.63, 3.8) is 0 Å². The Morgan fingerprint density at radius 1 is 1.42 bits per heavy atom. The van der Waals surface area contributed by atoms with Gasteiger partial charge in [-0.15, -0.1) is 0 Å². The van der Waals surface area contributed by atoms with E-state index < -0.39 is 5.97 Å². The zero-order valence-corrected chi connectivity index (χ0v) is 11.8. The zero-order valence-electron chi connectivity index (χ0n) is 10.9. The number of carboxylic acids is 1. The van der Waals surface area contributed by atoms with E-state index in [4.69, 9.17) is 9.84 Å². The van der Waals surface area contributed by atoms with Gasteiger partial charge in [0.15, 0.2) is 0 Å². The van der Waals surface area contributed by atoms with Crippen molar-refractivity contribution in [3.05, 3.63) is 23.8 Å². The van der Waals surface area contributed by atoms with Crippen LogP contribution < -0.4 is 10.1 Å². The van der Waals surface area contributed by atoms with Gasteiger partial charge in [0.25, 0.3) is 0 Å². The molecule has 5 nitrogen and oxygen atoms in total. The third-order valence-electron chi connectivity index (χ3n) is 2.30. The molecule has 0 fully saturated rings. The molecule has 19 heavy (non-hydrogen) atoms. The molecule has 0 aliphatic heterocycles. The summed E-state index contributed by atoms with van der Waals surface area (Å²) >= 11 is 1.56. The van der Waals surface area contributed by atoms with E-state index in [1.165, 1.54) is 19.2 Å². The van der Waals surface area contributed by atoms with Crippen LogP contribution in [0.1, 0.15) is 23.7 Å². The van der Waals surface area contributed by atoms with Crippen LogP contribution in [0.4, 0.5) is 5.69 Å². The van der Waals surface area contributed by atoms with Crippen LogP contribution in [-0.4, -0.2) is 35.6 Å². The number of anilines is 1. The van der Waals surface area contributed by atoms with E-state index in [2.05, 4.69) is 12.2 Å². The molecular weight excluding hydrogens is 266 g/mol. The van der Waals surface area contributed by atoms with Crippen LogP contribution in [0.25, 0.3) is 0 Å². The van der Waals surface area contributed by atoms with Crippen LogP contribution >= 0.6 is 11.8 Å². The van der Waals surface area contributed by atoms with Gasteiger partial charge in [-0.2, -0.15) is 11.8 Å². The number of benzene rings is 1. The molecule has 0 aromatic heterocycles. The lowest BCUT2D eigenvalue weighted by atomic mass is 10.2. The number of hydrogen-bond donors (Lipinski definition) is 2. The van der Waals surface area contributed by atoms with E-state index in [0.29, 0.717) is 11.4 Å². The maximum atomic E-state index is 11.6. The van der Waals surface area contributed by atoms with Crippen LogP contribution in [0.15, 0.2) is 18.2 Å². The van der Waals surface area contributed by atoms with E-state index in [9.17, 15) is 9.59 Å². The summed E-state index contributed by atoms with van der Waals surface area (Å²) in [5, 5.41) is 11.7. The Bertz CT molecular complexity index is 462. The molecule has 0 saturated heterocycles. The maximum Gasteiger partial charge on any atom is 0.339 e. The van der Waals surface area contributed by atoms with Crippen molar-refractivity contribution >= 4 is 29.3 Å². The molecule has 0 bridgehead atoms. The number of carbonyl (C=O) groups is 2. The summed E-state index contributed by atoms with van der Waals surface area (Å²) in [6.45, 7) is 2.06. The molecule has 0 saturated carbocycles. The maximum absolute atomic E-state index is 11.6. The van der Waals surface area contributed by atoms with Gasteiger partial charge in [-0.1, -0.05) is 6.92 Å². The molecule has 0 radical (unpaired) electrons. The summed E-state index contributed by atoms with van der Waals surface area (Å²) in [5.41, 5.74) is 0.602. The first kappa shape index (κ1) is 15.4. The minimum atomic E-state index is -1.06. The van der Waals surface area contributed by atoms with Gasteiger partial charge in [-0.05, 0) is 24.3 Å². The highest BCUT2D eigenvalue weighted by molar-refractivity contribution is 7.99. The first-order valence-electron chi connectivity index (χ1n) is 5.87. The van der Waals surface area contributed by atoms with Crippen LogP contribution in [0, 0.1) is 0 Å². The van der Waals surface area contributed by atoms with Gasteiger partial charge in [0.1, 0.15) is 11.3 Å². The summed E-state index contributed by atoms with van der Waals surface area (Å²) in [6.07, 6.45) is 1.03. The van der Waals surface area contributed by atoms with Crippen molar-refractivity contribution in [2.75, 3.05) is 23.9 Å². The van der Waals surface area contributed by atoms with Crippen LogP contribution in [-0.2, 0) is 4.79 Å². The van der Waals surface area contributed by atoms with Gasteiger partial charge < -0.3 is 15.2 Å². The number of aromatic carboxylic acids is 1. The van der Waals surface area contributed by atoms with Crippen LogP contribution in [0.5, 0.6) is 5.75 Å². The average molecular weight is 283 g/mol. The fraction of sp³-hybridized carbons (Fsp3) is 0.385. The monoisotopic (exact) mass is 283 g/mol. The van der Waals surface area contributed by atoms with E-state index in [0.717, 1.165) is 12.2 Å². The fourth-order valence-corrected chi connectivity index (χ4v) is 2.14. The van der Waals surface area contributed by atoms with E-state index in [1.54, 1.807) is 17.8 Å². The molecule has 2 N–H and O–H groups in total. The predicted molar refractivity (Wildman–Crippen MR) is 76.2 cm³/mol. The molecule has 0 heterocycles. The second-order valence-electron chi connectivity index (χ2n) is 3.82. The minimum Gasteiger partial charge on any atom is -0.496 e. The summed E-state index contributed by atoms with van der Waals surface area (Å²) in [6, 6.07) is 4.47. The number of methoxy groups -OCH3 is 1. The molecule has 0 aliphatic rings. The van der Waals surface area contributed by atoms with Crippen LogP contribution in [0.3, 0.4) is 0 Å². The standard InChI is InChI=1S/C13H17NO4S/c1-3-6-19-8-12(15)14-9-4-5-10(13(16)17)11(7-9)18-2/h4-5,7H,3,6,8H2,1-2H3,(H,14,15)(H,16,17). The highest BCUT2D eigenvalue weighted by Gasteiger charge is 2.12. The molecule has 0 unspecified atom stereocenters. The van der Waals surface area contributed by atoms with Crippen LogP contribution in [0.2, 0.25) is 0 Å². The molecular formula is C13H17NO4S. The quantitative estimate of drug-likeness (QED) is 0.752. The van der Waals surface area contributed by atoms with Crippen molar-refractivity contribution in [3.8, 4) is 5.75 Å². The Morgan fingerprint density at radius 3 is 2.74 bits per heavy atom. The zero-order chi connectivity index (χ0) is 14.3. The molecule has 1 amide bonds. The number of thioether (sulfide) groups is 1. The fourth-order valence-electron chi connectivity index (χ4n) is 1.45. The molecule has 104 valence electrons. The number of hydrogen-bond acceptors (Lipinski definition) is 4. The lowest BCUT2D eigenvalue weighted by Crippen LogP contribution is -2.14. The first-order valence-corrected chi connectivity index (χ1v) is 7.02. The Kier molecular flexibility index (Phi) is 6.21. The lowest BCUT2D eigenvalue weighted by Gasteiger charge is -2.09. The van der Waals surface area contributed by atoms with Crippen molar-refractivity contribution < 1.29 is 19.4 Å². The van der Waals surface area contributed by atoms with Gasteiger partial charge in [0.2, 0.25) is 5.91 Å². The van der Waals surface area contributed by atoms with E-state index >= 15 is 0 Å². The van der Waals surface area contributed by atoms with Crippen molar-refractivity contribution in [1.82, 2.24) is 0 Å². The van der Waals surface area contributed by atoms with Gasteiger partial charge in [-0.3, -0.25) is 4.79 Å². The number of nitrogens with one attached hydrogen (secondary N) is 1. The topological polar surface area (TPSA) is 75.6 Å². The van der Waals surface area contributed by atoms with Gasteiger partial charge in [0, 0.05) is 11.8 Å². The smallest absolute Gasteiger partial charge is 0.339 e. The predicted octanol–water partition coefficient (Wildman–Crippen LogP) is 2.48. The van der Waals surface area contributed by atoms with Crippen molar-refractivity contribution in [2.24, 2.45) is 0 Å². The lowest BCUT2D eigenvalue weighted by molar-refractivity contribution is -0.113. The highest BCUT2D eigenvalue weighted by Crippen LogP contribution is 2.23. The average Bonchev–Trinajstić information content (AvgIpc) is 2.38. The first-order chi connectivity index (χ1) is 9.08. The number of rotatable bonds is 7. The summed E-state index contributed by atoms with van der Waals surface area (Å²) in [4.78, 5) is 22.5. The molecule has 0 spiro atoms. The summed E-state index contributed by atoms with van der Waals surface area (Å²) < 4.78 is 4.99. The van der Waals surface area contributed by atoms with Crippen molar-refractivity contribution in [2.45, 2.75) is 13.3 Å². The Labute approximate surface area is 116 Å². The summed E-state index contributed by atoms with van der Waals surface area (Å²) in [5.74, 6) is 0.384. The van der Waals surface area contributed by atoms with E-state index in [1.807, 2.05) is 0 Å². The second kappa shape index (κ2) is 7.68. The minimum absolute atomic E-state index is 0.0702. The highest BCUT2D eigenvalue weighted by atomic mass is 32.2. The number of amides is 1. The molecule has 1 aromatic carbocycles.